The number of hydrogen-bond acceptors (Lipinski definition) is 1. The predicted molar refractivity (Wildman–Crippen MR) is 75.1 cm³/mol. The Bertz CT molecular complexity index is 370. The van der Waals surface area contributed by atoms with Gasteiger partial charge in [-0.15, -0.1) is 0 Å². The van der Waals surface area contributed by atoms with Crippen LogP contribution in [0.5, 0.6) is 0 Å². The third kappa shape index (κ3) is 3.71. The summed E-state index contributed by atoms with van der Waals surface area (Å²) in [5, 5.41) is 0. The van der Waals surface area contributed by atoms with E-state index in [1.807, 2.05) is 6.08 Å². The van der Waals surface area contributed by atoms with Gasteiger partial charge in [0.2, 0.25) is 0 Å². The molecule has 1 aliphatic rings. The lowest BCUT2D eigenvalue weighted by Gasteiger charge is -2.20. The highest BCUT2D eigenvalue weighted by atomic mass is 15.1. The highest BCUT2D eigenvalue weighted by Gasteiger charge is 2.15. The van der Waals surface area contributed by atoms with Crippen molar-refractivity contribution in [3.8, 4) is 0 Å². The van der Waals surface area contributed by atoms with Crippen LogP contribution in [0.4, 0.5) is 0 Å². The molecular formula is C16H23N. The molecule has 1 unspecified atom stereocenters. The van der Waals surface area contributed by atoms with Gasteiger partial charge in [0, 0.05) is 6.54 Å². The van der Waals surface area contributed by atoms with E-state index in [4.69, 9.17) is 0 Å². The Labute approximate surface area is 105 Å². The molecule has 0 radical (unpaired) electrons. The van der Waals surface area contributed by atoms with Crippen LogP contribution in [0.1, 0.15) is 30.4 Å². The van der Waals surface area contributed by atoms with Crippen molar-refractivity contribution in [3.63, 3.8) is 0 Å². The van der Waals surface area contributed by atoms with E-state index in [-0.39, 0.29) is 0 Å². The van der Waals surface area contributed by atoms with E-state index in [0.717, 1.165) is 5.92 Å². The zero-order chi connectivity index (χ0) is 12.1. The molecule has 0 aromatic heterocycles. The van der Waals surface area contributed by atoms with Crippen molar-refractivity contribution in [2.75, 3.05) is 20.1 Å². The van der Waals surface area contributed by atoms with E-state index in [1.54, 1.807) is 0 Å². The highest BCUT2D eigenvalue weighted by molar-refractivity contribution is 5.47. The molecule has 1 saturated heterocycles. The summed E-state index contributed by atoms with van der Waals surface area (Å²) in [5.41, 5.74) is 2.70. The molecule has 92 valence electrons. The highest BCUT2D eigenvalue weighted by Crippen LogP contribution is 2.20. The van der Waals surface area contributed by atoms with Crippen molar-refractivity contribution < 1.29 is 0 Å². The van der Waals surface area contributed by atoms with Gasteiger partial charge in [-0.1, -0.05) is 43.3 Å². The molecule has 1 heterocycles. The summed E-state index contributed by atoms with van der Waals surface area (Å²) < 4.78 is 0. The van der Waals surface area contributed by atoms with Crippen LogP contribution in [0.3, 0.4) is 0 Å². The third-order valence-electron chi connectivity index (χ3n) is 3.68. The molecule has 0 spiro atoms. The van der Waals surface area contributed by atoms with Crippen LogP contribution in [0.15, 0.2) is 30.8 Å². The maximum atomic E-state index is 3.84. The lowest BCUT2D eigenvalue weighted by molar-refractivity contribution is 0.298. The fourth-order valence-corrected chi connectivity index (χ4v) is 2.79. The summed E-state index contributed by atoms with van der Waals surface area (Å²) in [4.78, 5) is 2.48. The quantitative estimate of drug-likeness (QED) is 0.765. The third-order valence-corrected chi connectivity index (χ3v) is 3.68. The minimum Gasteiger partial charge on any atom is -0.306 e. The van der Waals surface area contributed by atoms with Crippen LogP contribution in [0, 0.1) is 5.92 Å². The molecular weight excluding hydrogens is 206 g/mol. The van der Waals surface area contributed by atoms with E-state index in [0.29, 0.717) is 0 Å². The minimum atomic E-state index is 0.822. The molecule has 1 nitrogen and oxygen atoms in total. The number of rotatable bonds is 3. The Hall–Kier alpha value is -1.08. The second-order valence-corrected chi connectivity index (χ2v) is 5.28. The van der Waals surface area contributed by atoms with Gasteiger partial charge in [-0.2, -0.15) is 0 Å². The Kier molecular flexibility index (Phi) is 4.38. The van der Waals surface area contributed by atoms with E-state index >= 15 is 0 Å². The Balaban J connectivity index is 2.00. The topological polar surface area (TPSA) is 3.24 Å². The molecule has 2 rings (SSSR count). The van der Waals surface area contributed by atoms with Crippen molar-refractivity contribution in [1.82, 2.24) is 4.90 Å². The van der Waals surface area contributed by atoms with Crippen molar-refractivity contribution in [1.29, 1.82) is 0 Å². The second-order valence-electron chi connectivity index (χ2n) is 5.28. The van der Waals surface area contributed by atoms with Crippen molar-refractivity contribution in [3.05, 3.63) is 42.0 Å². The summed E-state index contributed by atoms with van der Waals surface area (Å²) in [5.74, 6) is 0.822. The molecule has 1 aromatic carbocycles. The molecule has 17 heavy (non-hydrogen) atoms. The maximum Gasteiger partial charge on any atom is 0.000979 e. The average Bonchev–Trinajstić information content (AvgIpc) is 2.54. The largest absolute Gasteiger partial charge is 0.306 e. The van der Waals surface area contributed by atoms with Gasteiger partial charge in [0.1, 0.15) is 0 Å². The van der Waals surface area contributed by atoms with Crippen molar-refractivity contribution in [2.24, 2.45) is 5.92 Å². The second kappa shape index (κ2) is 6.02. The molecule has 1 fully saturated rings. The summed E-state index contributed by atoms with van der Waals surface area (Å²) in [6.45, 7) is 6.35. The zero-order valence-electron chi connectivity index (χ0n) is 10.9. The molecule has 0 bridgehead atoms. The van der Waals surface area contributed by atoms with Gasteiger partial charge in [0.25, 0.3) is 0 Å². The van der Waals surface area contributed by atoms with Gasteiger partial charge in [0.15, 0.2) is 0 Å². The predicted octanol–water partition coefficient (Wildman–Crippen LogP) is 3.60. The van der Waals surface area contributed by atoms with Gasteiger partial charge in [-0.3, -0.25) is 0 Å². The molecule has 0 saturated carbocycles. The van der Waals surface area contributed by atoms with E-state index < -0.39 is 0 Å². The van der Waals surface area contributed by atoms with Gasteiger partial charge in [0.05, 0.1) is 0 Å². The Morgan fingerprint density at radius 1 is 1.41 bits per heavy atom. The summed E-state index contributed by atoms with van der Waals surface area (Å²) in [6, 6.07) is 8.79. The number of benzene rings is 1. The molecule has 1 aromatic rings. The van der Waals surface area contributed by atoms with Crippen molar-refractivity contribution >= 4 is 6.08 Å². The lowest BCUT2D eigenvalue weighted by Crippen LogP contribution is -2.25. The van der Waals surface area contributed by atoms with Gasteiger partial charge in [-0.05, 0) is 49.9 Å². The Morgan fingerprint density at radius 3 is 3.12 bits per heavy atom. The van der Waals surface area contributed by atoms with Gasteiger partial charge < -0.3 is 4.90 Å². The van der Waals surface area contributed by atoms with Crippen LogP contribution in [-0.4, -0.2) is 25.0 Å². The molecule has 1 atom stereocenters. The van der Waals surface area contributed by atoms with Crippen LogP contribution >= 0.6 is 0 Å². The van der Waals surface area contributed by atoms with Crippen LogP contribution in [0.2, 0.25) is 0 Å². The SMILES string of the molecule is C=Cc1cccc(CC2CCCCN(C)C2)c1. The molecule has 0 aliphatic carbocycles. The summed E-state index contributed by atoms with van der Waals surface area (Å²) in [6.07, 6.45) is 7.27. The minimum absolute atomic E-state index is 0.822. The van der Waals surface area contributed by atoms with Crippen LogP contribution in [-0.2, 0) is 6.42 Å². The zero-order valence-corrected chi connectivity index (χ0v) is 10.9. The van der Waals surface area contributed by atoms with E-state index in [1.165, 1.54) is 49.9 Å². The first kappa shape index (κ1) is 12.4. The molecule has 1 aliphatic heterocycles. The summed E-state index contributed by atoms with van der Waals surface area (Å²) in [7, 11) is 2.25. The maximum absolute atomic E-state index is 3.84. The molecule has 0 amide bonds. The monoisotopic (exact) mass is 229 g/mol. The first-order chi connectivity index (χ1) is 8.28. The number of likely N-dealkylation sites (tertiary alicyclic amines) is 1. The number of nitrogens with zero attached hydrogens (tertiary/aromatic N) is 1. The standard InChI is InChI=1S/C16H23N/c1-3-14-8-6-9-15(11-14)12-16-7-4-5-10-17(2)13-16/h3,6,8-9,11,16H,1,4-5,7,10,12-13H2,2H3. The smallest absolute Gasteiger partial charge is 0.000979 e. The summed E-state index contributed by atoms with van der Waals surface area (Å²) >= 11 is 0. The van der Waals surface area contributed by atoms with E-state index in [9.17, 15) is 0 Å². The average molecular weight is 229 g/mol. The van der Waals surface area contributed by atoms with Crippen LogP contribution in [0.25, 0.3) is 6.08 Å². The Morgan fingerprint density at radius 2 is 2.29 bits per heavy atom. The number of hydrogen-bond donors (Lipinski definition) is 0. The first-order valence-electron chi connectivity index (χ1n) is 6.68. The van der Waals surface area contributed by atoms with Gasteiger partial charge in [-0.25, -0.2) is 0 Å². The fraction of sp³-hybridized carbons (Fsp3) is 0.500. The molecule has 0 N–H and O–H groups in total. The van der Waals surface area contributed by atoms with E-state index in [2.05, 4.69) is 42.8 Å². The lowest BCUT2D eigenvalue weighted by atomic mass is 9.94. The van der Waals surface area contributed by atoms with Gasteiger partial charge >= 0.3 is 0 Å². The normalized spacial score (nSPS) is 22.1. The fourth-order valence-electron chi connectivity index (χ4n) is 2.79. The molecule has 1 heteroatoms. The first-order valence-corrected chi connectivity index (χ1v) is 6.68. The van der Waals surface area contributed by atoms with Crippen molar-refractivity contribution in [2.45, 2.75) is 25.7 Å². The van der Waals surface area contributed by atoms with Crippen LogP contribution < -0.4 is 0 Å².